The molecule has 0 bridgehead atoms. The first-order valence-electron chi connectivity index (χ1n) is 11.4. The molecule has 1 heterocycles. The average molecular weight is 558 g/mol. The summed E-state index contributed by atoms with van der Waals surface area (Å²) < 4.78 is 10.6. The van der Waals surface area contributed by atoms with E-state index in [0.29, 0.717) is 25.7 Å². The predicted molar refractivity (Wildman–Crippen MR) is 136 cm³/mol. The fraction of sp³-hybridized carbons (Fsp3) is 0.609. The summed E-state index contributed by atoms with van der Waals surface area (Å²) in [7, 11) is 0. The Hall–Kier alpha value is -2.04. The number of carbonyl (C=O) groups excluding carboxylic acids is 2. The Balaban J connectivity index is 0.00000363. The summed E-state index contributed by atoms with van der Waals surface area (Å²) in [5.74, 6) is 1.47. The third kappa shape index (κ3) is 7.25. The number of halogens is 1. The summed E-state index contributed by atoms with van der Waals surface area (Å²) in [6, 6.07) is 7.92. The van der Waals surface area contributed by atoms with E-state index in [-0.39, 0.29) is 48.4 Å². The highest BCUT2D eigenvalue weighted by atomic mass is 127. The molecule has 1 aliphatic carbocycles. The lowest BCUT2D eigenvalue weighted by Gasteiger charge is -2.29. The van der Waals surface area contributed by atoms with Gasteiger partial charge in [0, 0.05) is 25.7 Å². The number of ether oxygens (including phenoxy) is 2. The molecular weight excluding hydrogens is 523 g/mol. The van der Waals surface area contributed by atoms with Crippen molar-refractivity contribution in [2.24, 2.45) is 10.9 Å². The van der Waals surface area contributed by atoms with Gasteiger partial charge in [0.1, 0.15) is 5.75 Å². The van der Waals surface area contributed by atoms with Gasteiger partial charge in [-0.3, -0.25) is 14.6 Å². The van der Waals surface area contributed by atoms with Crippen molar-refractivity contribution in [3.8, 4) is 5.75 Å². The van der Waals surface area contributed by atoms with E-state index >= 15 is 0 Å². The van der Waals surface area contributed by atoms with Crippen LogP contribution in [0.1, 0.15) is 46.0 Å². The Morgan fingerprint density at radius 2 is 1.97 bits per heavy atom. The van der Waals surface area contributed by atoms with E-state index in [1.165, 1.54) is 0 Å². The molecule has 9 heteroatoms. The lowest BCUT2D eigenvalue weighted by molar-refractivity contribution is -0.149. The predicted octanol–water partition coefficient (Wildman–Crippen LogP) is 3.10. The van der Waals surface area contributed by atoms with E-state index in [9.17, 15) is 9.59 Å². The van der Waals surface area contributed by atoms with Crippen LogP contribution in [0.2, 0.25) is 0 Å². The van der Waals surface area contributed by atoms with Crippen molar-refractivity contribution < 1.29 is 19.1 Å². The third-order valence-electron chi connectivity index (χ3n) is 5.65. The molecule has 0 radical (unpaired) electrons. The Labute approximate surface area is 207 Å². The lowest BCUT2D eigenvalue weighted by atomic mass is 9.86. The molecule has 2 N–H and O–H groups in total. The number of benzene rings is 1. The average Bonchev–Trinajstić information content (AvgIpc) is 2.78. The molecule has 1 aromatic carbocycles. The van der Waals surface area contributed by atoms with Gasteiger partial charge in [0.15, 0.2) is 12.6 Å². The van der Waals surface area contributed by atoms with Crippen molar-refractivity contribution in [1.82, 2.24) is 10.6 Å². The molecule has 0 unspecified atom stereocenters. The highest BCUT2D eigenvalue weighted by Gasteiger charge is 2.28. The summed E-state index contributed by atoms with van der Waals surface area (Å²) in [5.41, 5.74) is 0.825. The SMILES string of the molecule is CCNC(=NCCCN1C(=O)COc2ccccc21)NC1CCC(C(=O)OCC)CC1.I. The van der Waals surface area contributed by atoms with Crippen LogP contribution < -0.4 is 20.3 Å². The van der Waals surface area contributed by atoms with E-state index in [4.69, 9.17) is 14.5 Å². The number of hydrogen-bond acceptors (Lipinski definition) is 5. The quantitative estimate of drug-likeness (QED) is 0.168. The van der Waals surface area contributed by atoms with E-state index in [1.807, 2.05) is 38.1 Å². The lowest BCUT2D eigenvalue weighted by Crippen LogP contribution is -2.45. The number of guanidine groups is 1. The Kier molecular flexibility index (Phi) is 11.1. The zero-order valence-corrected chi connectivity index (χ0v) is 21.3. The number of aliphatic imine (C=N–C) groups is 1. The molecule has 3 rings (SSSR count). The van der Waals surface area contributed by atoms with Gasteiger partial charge >= 0.3 is 5.97 Å². The van der Waals surface area contributed by atoms with Gasteiger partial charge in [-0.1, -0.05) is 12.1 Å². The van der Waals surface area contributed by atoms with Crippen LogP contribution in [-0.2, 0) is 14.3 Å². The van der Waals surface area contributed by atoms with Gasteiger partial charge in [0.25, 0.3) is 5.91 Å². The fourth-order valence-electron chi connectivity index (χ4n) is 4.07. The molecule has 1 fully saturated rings. The number of nitrogens with one attached hydrogen (secondary N) is 2. The number of rotatable bonds is 8. The normalized spacial score (nSPS) is 20.5. The molecule has 0 saturated heterocycles. The minimum Gasteiger partial charge on any atom is -0.482 e. The Morgan fingerprint density at radius 3 is 2.69 bits per heavy atom. The van der Waals surface area contributed by atoms with Crippen LogP contribution in [0.5, 0.6) is 5.75 Å². The molecule has 0 atom stereocenters. The second kappa shape index (κ2) is 13.5. The molecule has 2 aliphatic rings. The van der Waals surface area contributed by atoms with E-state index < -0.39 is 0 Å². The van der Waals surface area contributed by atoms with Crippen LogP contribution in [-0.4, -0.2) is 56.7 Å². The molecule has 1 amide bonds. The van der Waals surface area contributed by atoms with Gasteiger partial charge < -0.3 is 25.0 Å². The number of carbonyl (C=O) groups is 2. The van der Waals surface area contributed by atoms with Crippen LogP contribution in [0.3, 0.4) is 0 Å². The second-order valence-corrected chi connectivity index (χ2v) is 7.86. The molecule has 178 valence electrons. The zero-order valence-electron chi connectivity index (χ0n) is 19.0. The Morgan fingerprint density at radius 1 is 1.22 bits per heavy atom. The number of fused-ring (bicyclic) bond motifs is 1. The highest BCUT2D eigenvalue weighted by molar-refractivity contribution is 14.0. The Bertz CT molecular complexity index is 781. The maximum Gasteiger partial charge on any atom is 0.308 e. The van der Waals surface area contributed by atoms with Gasteiger partial charge in [-0.05, 0) is 58.1 Å². The number of amides is 1. The molecule has 0 spiro atoms. The summed E-state index contributed by atoms with van der Waals surface area (Å²) in [5, 5.41) is 6.79. The zero-order chi connectivity index (χ0) is 22.1. The monoisotopic (exact) mass is 558 g/mol. The largest absolute Gasteiger partial charge is 0.482 e. The summed E-state index contributed by atoms with van der Waals surface area (Å²) >= 11 is 0. The van der Waals surface area contributed by atoms with Crippen molar-refractivity contribution in [1.29, 1.82) is 0 Å². The maximum absolute atomic E-state index is 12.3. The standard InChI is InChI=1S/C23H34N4O4.HI/c1-3-24-23(26-18-12-10-17(11-13-18)22(29)30-4-2)25-14-7-15-27-19-8-5-6-9-20(19)31-16-21(27)28;/h5-6,8-9,17-18H,3-4,7,10-16H2,1-2H3,(H2,24,25,26);1H. The minimum atomic E-state index is -0.0687. The molecule has 32 heavy (non-hydrogen) atoms. The number of anilines is 1. The number of esters is 1. The maximum atomic E-state index is 12.3. The third-order valence-corrected chi connectivity index (χ3v) is 5.65. The van der Waals surface area contributed by atoms with Crippen molar-refractivity contribution >= 4 is 47.5 Å². The molecule has 8 nitrogen and oxygen atoms in total. The first-order chi connectivity index (χ1) is 15.1. The second-order valence-electron chi connectivity index (χ2n) is 7.86. The summed E-state index contributed by atoms with van der Waals surface area (Å²) in [6.45, 7) is 6.40. The van der Waals surface area contributed by atoms with Crippen LogP contribution in [0.15, 0.2) is 29.3 Å². The van der Waals surface area contributed by atoms with Crippen molar-refractivity contribution in [3.63, 3.8) is 0 Å². The van der Waals surface area contributed by atoms with Crippen LogP contribution in [0.25, 0.3) is 0 Å². The summed E-state index contributed by atoms with van der Waals surface area (Å²) in [4.78, 5) is 30.7. The van der Waals surface area contributed by atoms with Crippen molar-refractivity contribution in [3.05, 3.63) is 24.3 Å². The molecule has 0 aromatic heterocycles. The first-order valence-corrected chi connectivity index (χ1v) is 11.4. The topological polar surface area (TPSA) is 92.3 Å². The van der Waals surface area contributed by atoms with Crippen LogP contribution >= 0.6 is 24.0 Å². The minimum absolute atomic E-state index is 0. The van der Waals surface area contributed by atoms with Gasteiger partial charge in [0.2, 0.25) is 0 Å². The van der Waals surface area contributed by atoms with Crippen LogP contribution in [0, 0.1) is 5.92 Å². The van der Waals surface area contributed by atoms with Gasteiger partial charge in [-0.25, -0.2) is 0 Å². The van der Waals surface area contributed by atoms with E-state index in [0.717, 1.165) is 56.0 Å². The first kappa shape index (κ1) is 26.2. The van der Waals surface area contributed by atoms with Crippen molar-refractivity contribution in [2.75, 3.05) is 37.7 Å². The number of hydrogen-bond donors (Lipinski definition) is 2. The molecule has 1 saturated carbocycles. The van der Waals surface area contributed by atoms with Crippen molar-refractivity contribution in [2.45, 2.75) is 52.0 Å². The molecular formula is C23H35IN4O4. The van der Waals surface area contributed by atoms with Gasteiger partial charge in [-0.15, -0.1) is 24.0 Å². The number of nitrogens with zero attached hydrogens (tertiary/aromatic N) is 2. The highest BCUT2D eigenvalue weighted by Crippen LogP contribution is 2.31. The fourth-order valence-corrected chi connectivity index (χ4v) is 4.07. The van der Waals surface area contributed by atoms with Crippen LogP contribution in [0.4, 0.5) is 5.69 Å². The summed E-state index contributed by atoms with van der Waals surface area (Å²) in [6.07, 6.45) is 4.29. The van der Waals surface area contributed by atoms with Gasteiger partial charge in [-0.2, -0.15) is 0 Å². The molecule has 1 aliphatic heterocycles. The van der Waals surface area contributed by atoms with E-state index in [2.05, 4.69) is 10.6 Å². The molecule has 1 aromatic rings. The smallest absolute Gasteiger partial charge is 0.308 e. The number of para-hydroxylation sites is 2. The van der Waals surface area contributed by atoms with Gasteiger partial charge in [0.05, 0.1) is 18.2 Å². The van der Waals surface area contributed by atoms with E-state index in [1.54, 1.807) is 4.90 Å².